The average molecular weight is 314 g/mol. The smallest absolute Gasteiger partial charge is 0.224 e. The normalized spacial score (nSPS) is 25.0. The van der Waals surface area contributed by atoms with Crippen molar-refractivity contribution in [1.82, 2.24) is 9.80 Å². The van der Waals surface area contributed by atoms with Crippen molar-refractivity contribution in [3.8, 4) is 0 Å². The first-order valence-corrected chi connectivity index (χ1v) is 8.70. The molecule has 0 aliphatic carbocycles. The van der Waals surface area contributed by atoms with Crippen LogP contribution in [0, 0.1) is 0 Å². The summed E-state index contributed by atoms with van der Waals surface area (Å²) in [4.78, 5) is 28.3. The van der Waals surface area contributed by atoms with Crippen LogP contribution in [-0.4, -0.2) is 47.8 Å². The zero-order valence-electron chi connectivity index (χ0n) is 14.0. The monoisotopic (exact) mass is 314 g/mol. The third kappa shape index (κ3) is 3.57. The summed E-state index contributed by atoms with van der Waals surface area (Å²) in [5.74, 6) is 0.384. The van der Waals surface area contributed by atoms with Crippen LogP contribution in [0.25, 0.3) is 0 Å². The zero-order valence-corrected chi connectivity index (χ0v) is 14.0. The van der Waals surface area contributed by atoms with Gasteiger partial charge < -0.3 is 9.80 Å². The Kier molecular flexibility index (Phi) is 4.69. The van der Waals surface area contributed by atoms with E-state index in [2.05, 4.69) is 31.2 Å². The maximum Gasteiger partial charge on any atom is 0.224 e. The van der Waals surface area contributed by atoms with Gasteiger partial charge in [-0.2, -0.15) is 0 Å². The van der Waals surface area contributed by atoms with E-state index in [-0.39, 0.29) is 17.2 Å². The van der Waals surface area contributed by atoms with Gasteiger partial charge in [-0.05, 0) is 24.8 Å². The lowest BCUT2D eigenvalue weighted by Crippen LogP contribution is -2.48. The molecule has 2 aliphatic rings. The third-order valence-electron chi connectivity index (χ3n) is 5.31. The van der Waals surface area contributed by atoms with E-state index >= 15 is 0 Å². The summed E-state index contributed by atoms with van der Waals surface area (Å²) >= 11 is 0. The van der Waals surface area contributed by atoms with Crippen LogP contribution in [0.5, 0.6) is 0 Å². The second kappa shape index (κ2) is 6.73. The van der Waals surface area contributed by atoms with Gasteiger partial charge in [0.25, 0.3) is 0 Å². The zero-order chi connectivity index (χ0) is 16.3. The summed E-state index contributed by atoms with van der Waals surface area (Å²) in [6.45, 7) is 5.26. The number of hydrogen-bond acceptors (Lipinski definition) is 2. The largest absolute Gasteiger partial charge is 0.343 e. The van der Waals surface area contributed by atoms with E-state index in [1.54, 1.807) is 0 Å². The first-order valence-electron chi connectivity index (χ1n) is 8.70. The highest BCUT2D eigenvalue weighted by atomic mass is 16.2. The molecule has 0 saturated carbocycles. The van der Waals surface area contributed by atoms with E-state index in [1.165, 1.54) is 5.56 Å². The Labute approximate surface area is 138 Å². The second-order valence-corrected chi connectivity index (χ2v) is 7.08. The molecule has 1 aromatic rings. The Balaban J connectivity index is 1.62. The van der Waals surface area contributed by atoms with Crippen molar-refractivity contribution in [2.24, 2.45) is 0 Å². The van der Waals surface area contributed by atoms with Crippen LogP contribution in [0.2, 0.25) is 0 Å². The van der Waals surface area contributed by atoms with Gasteiger partial charge in [-0.1, -0.05) is 37.3 Å². The molecule has 0 aromatic heterocycles. The van der Waals surface area contributed by atoms with Crippen LogP contribution >= 0.6 is 0 Å². The minimum Gasteiger partial charge on any atom is -0.343 e. The van der Waals surface area contributed by atoms with Crippen molar-refractivity contribution in [3.63, 3.8) is 0 Å². The van der Waals surface area contributed by atoms with Gasteiger partial charge in [0.1, 0.15) is 0 Å². The summed E-state index contributed by atoms with van der Waals surface area (Å²) < 4.78 is 0. The van der Waals surface area contributed by atoms with E-state index in [0.717, 1.165) is 32.4 Å². The molecule has 2 fully saturated rings. The molecule has 0 spiro atoms. The number of piperidine rings is 1. The molecule has 2 aliphatic heterocycles. The Morgan fingerprint density at radius 3 is 2.57 bits per heavy atom. The molecule has 0 radical (unpaired) electrons. The van der Waals surface area contributed by atoms with E-state index in [1.807, 2.05) is 15.9 Å². The molecule has 1 aromatic carbocycles. The fraction of sp³-hybridized carbons (Fsp3) is 0.579. The minimum absolute atomic E-state index is 0.00807. The predicted molar refractivity (Wildman–Crippen MR) is 90.0 cm³/mol. The molecular weight excluding hydrogens is 288 g/mol. The van der Waals surface area contributed by atoms with Crippen LogP contribution in [-0.2, 0) is 15.0 Å². The summed E-state index contributed by atoms with van der Waals surface area (Å²) in [5.41, 5.74) is 1.27. The number of benzene rings is 1. The highest BCUT2D eigenvalue weighted by molar-refractivity contribution is 5.80. The van der Waals surface area contributed by atoms with Crippen molar-refractivity contribution in [2.45, 2.75) is 44.4 Å². The lowest BCUT2D eigenvalue weighted by molar-refractivity contribution is -0.137. The molecule has 0 bridgehead atoms. The van der Waals surface area contributed by atoms with Gasteiger partial charge in [-0.3, -0.25) is 9.59 Å². The highest BCUT2D eigenvalue weighted by Crippen LogP contribution is 2.34. The maximum atomic E-state index is 12.2. The topological polar surface area (TPSA) is 40.6 Å². The SMILES string of the molecule is C[C@@]1(c2ccccc2)CCC(=O)N(CCC(=O)N2CCCC2)C1. The average Bonchev–Trinajstić information content (AvgIpc) is 3.11. The Morgan fingerprint density at radius 1 is 1.17 bits per heavy atom. The van der Waals surface area contributed by atoms with Crippen LogP contribution in [0.3, 0.4) is 0 Å². The number of hydrogen-bond donors (Lipinski definition) is 0. The van der Waals surface area contributed by atoms with Crippen LogP contribution < -0.4 is 0 Å². The van der Waals surface area contributed by atoms with Crippen LogP contribution in [0.4, 0.5) is 0 Å². The van der Waals surface area contributed by atoms with Crippen molar-refractivity contribution in [3.05, 3.63) is 35.9 Å². The van der Waals surface area contributed by atoms with Gasteiger partial charge in [0, 0.05) is 44.4 Å². The number of amides is 2. The van der Waals surface area contributed by atoms with Crippen molar-refractivity contribution in [1.29, 1.82) is 0 Å². The first-order chi connectivity index (χ1) is 11.1. The molecule has 4 heteroatoms. The van der Waals surface area contributed by atoms with Gasteiger partial charge in [0.05, 0.1) is 0 Å². The summed E-state index contributed by atoms with van der Waals surface area (Å²) in [6, 6.07) is 10.4. The fourth-order valence-electron chi connectivity index (χ4n) is 3.76. The Morgan fingerprint density at radius 2 is 1.87 bits per heavy atom. The van der Waals surface area contributed by atoms with Gasteiger partial charge >= 0.3 is 0 Å². The van der Waals surface area contributed by atoms with E-state index in [9.17, 15) is 9.59 Å². The van der Waals surface area contributed by atoms with Crippen LogP contribution in [0.15, 0.2) is 30.3 Å². The molecule has 0 N–H and O–H groups in total. The van der Waals surface area contributed by atoms with Gasteiger partial charge in [0.2, 0.25) is 11.8 Å². The van der Waals surface area contributed by atoms with Gasteiger partial charge in [-0.25, -0.2) is 0 Å². The molecule has 2 saturated heterocycles. The van der Waals surface area contributed by atoms with E-state index in [0.29, 0.717) is 25.9 Å². The molecule has 4 nitrogen and oxygen atoms in total. The van der Waals surface area contributed by atoms with Gasteiger partial charge in [-0.15, -0.1) is 0 Å². The molecule has 2 heterocycles. The maximum absolute atomic E-state index is 12.2. The molecule has 1 atom stereocenters. The number of nitrogens with zero attached hydrogens (tertiary/aromatic N) is 2. The first kappa shape index (κ1) is 16.0. The molecule has 124 valence electrons. The number of carbonyl (C=O) groups excluding carboxylic acids is 2. The molecular formula is C19H26N2O2. The van der Waals surface area contributed by atoms with Gasteiger partial charge in [0.15, 0.2) is 0 Å². The fourth-order valence-corrected chi connectivity index (χ4v) is 3.76. The summed E-state index contributed by atoms with van der Waals surface area (Å²) in [5, 5.41) is 0. The van der Waals surface area contributed by atoms with Crippen molar-refractivity contribution >= 4 is 11.8 Å². The molecule has 0 unspecified atom stereocenters. The third-order valence-corrected chi connectivity index (χ3v) is 5.31. The summed E-state index contributed by atoms with van der Waals surface area (Å²) in [6.07, 6.45) is 4.13. The number of rotatable bonds is 4. The number of likely N-dealkylation sites (tertiary alicyclic amines) is 2. The predicted octanol–water partition coefficient (Wildman–Crippen LogP) is 2.58. The molecule has 2 amide bonds. The van der Waals surface area contributed by atoms with E-state index < -0.39 is 0 Å². The van der Waals surface area contributed by atoms with Crippen molar-refractivity contribution < 1.29 is 9.59 Å². The highest BCUT2D eigenvalue weighted by Gasteiger charge is 2.36. The minimum atomic E-state index is -0.00807. The number of carbonyl (C=O) groups is 2. The Bertz CT molecular complexity index is 566. The lowest BCUT2D eigenvalue weighted by atomic mass is 9.75. The second-order valence-electron chi connectivity index (χ2n) is 7.08. The summed E-state index contributed by atoms with van der Waals surface area (Å²) in [7, 11) is 0. The van der Waals surface area contributed by atoms with Crippen molar-refractivity contribution in [2.75, 3.05) is 26.2 Å². The van der Waals surface area contributed by atoms with E-state index in [4.69, 9.17) is 0 Å². The quantitative estimate of drug-likeness (QED) is 0.857. The van der Waals surface area contributed by atoms with Crippen LogP contribution in [0.1, 0.15) is 44.6 Å². The molecule has 23 heavy (non-hydrogen) atoms. The molecule has 3 rings (SSSR count). The Hall–Kier alpha value is -1.84. The lowest BCUT2D eigenvalue weighted by Gasteiger charge is -2.40. The standard InChI is InChI=1S/C19H26N2O2/c1-19(16-7-3-2-4-8-16)11-9-17(22)21(15-19)14-10-18(23)20-12-5-6-13-20/h2-4,7-8H,5-6,9-15H2,1H3/t19-/m1/s1.